The maximum Gasteiger partial charge on any atom is 0.303 e. The highest BCUT2D eigenvalue weighted by Crippen LogP contribution is 2.05. The van der Waals surface area contributed by atoms with Crippen LogP contribution in [0.2, 0.25) is 0 Å². The van der Waals surface area contributed by atoms with Gasteiger partial charge in [0.15, 0.2) is 0 Å². The Balaban J connectivity index is 3.34. The summed E-state index contributed by atoms with van der Waals surface area (Å²) in [5.41, 5.74) is 0. The van der Waals surface area contributed by atoms with Gasteiger partial charge in [0, 0.05) is 6.42 Å². The summed E-state index contributed by atoms with van der Waals surface area (Å²) in [5.74, 6) is -0.795. The Morgan fingerprint density at radius 1 is 1.46 bits per heavy atom. The topological polar surface area (TPSA) is 57.5 Å². The van der Waals surface area contributed by atoms with Crippen molar-refractivity contribution in [2.24, 2.45) is 0 Å². The predicted octanol–water partition coefficient (Wildman–Crippen LogP) is 1.96. The zero-order chi connectivity index (χ0) is 10.1. The SMILES string of the molecule is CCC=CCC(O)CCCC(=O)O. The molecule has 0 aliphatic heterocycles. The van der Waals surface area contributed by atoms with Crippen molar-refractivity contribution in [3.05, 3.63) is 12.2 Å². The molecular weight excluding hydrogens is 168 g/mol. The third-order valence-corrected chi connectivity index (χ3v) is 1.74. The molecule has 3 heteroatoms. The molecule has 3 nitrogen and oxygen atoms in total. The predicted molar refractivity (Wildman–Crippen MR) is 51.5 cm³/mol. The van der Waals surface area contributed by atoms with E-state index in [1.807, 2.05) is 19.1 Å². The summed E-state index contributed by atoms with van der Waals surface area (Å²) in [6.45, 7) is 2.04. The Morgan fingerprint density at radius 3 is 2.69 bits per heavy atom. The molecular formula is C10H18O3. The van der Waals surface area contributed by atoms with E-state index in [0.29, 0.717) is 19.3 Å². The quantitative estimate of drug-likeness (QED) is 0.597. The summed E-state index contributed by atoms with van der Waals surface area (Å²) in [4.78, 5) is 10.1. The first-order valence-corrected chi connectivity index (χ1v) is 4.71. The van der Waals surface area contributed by atoms with Gasteiger partial charge in [0.1, 0.15) is 0 Å². The zero-order valence-corrected chi connectivity index (χ0v) is 8.07. The van der Waals surface area contributed by atoms with Crippen LogP contribution in [-0.2, 0) is 4.79 Å². The Morgan fingerprint density at radius 2 is 2.15 bits per heavy atom. The first kappa shape index (κ1) is 12.2. The first-order valence-electron chi connectivity index (χ1n) is 4.71. The monoisotopic (exact) mass is 186 g/mol. The Hall–Kier alpha value is -0.830. The highest BCUT2D eigenvalue weighted by atomic mass is 16.4. The van der Waals surface area contributed by atoms with Gasteiger partial charge in [-0.3, -0.25) is 4.79 Å². The van der Waals surface area contributed by atoms with Gasteiger partial charge in [0.25, 0.3) is 0 Å². The second-order valence-corrected chi connectivity index (χ2v) is 3.06. The molecule has 0 saturated heterocycles. The average Bonchev–Trinajstić information content (AvgIpc) is 2.04. The van der Waals surface area contributed by atoms with E-state index in [1.54, 1.807) is 0 Å². The molecule has 0 aromatic heterocycles. The van der Waals surface area contributed by atoms with Gasteiger partial charge in [-0.1, -0.05) is 19.1 Å². The Labute approximate surface area is 79.1 Å². The third kappa shape index (κ3) is 9.08. The number of aliphatic hydroxyl groups excluding tert-OH is 1. The fraction of sp³-hybridized carbons (Fsp3) is 0.700. The van der Waals surface area contributed by atoms with Crippen LogP contribution < -0.4 is 0 Å². The average molecular weight is 186 g/mol. The summed E-state index contributed by atoms with van der Waals surface area (Å²) >= 11 is 0. The highest BCUT2D eigenvalue weighted by molar-refractivity contribution is 5.66. The lowest BCUT2D eigenvalue weighted by Gasteiger charge is -2.05. The van der Waals surface area contributed by atoms with Gasteiger partial charge in [-0.05, 0) is 25.7 Å². The Kier molecular flexibility index (Phi) is 7.30. The van der Waals surface area contributed by atoms with E-state index >= 15 is 0 Å². The molecule has 0 rings (SSSR count). The van der Waals surface area contributed by atoms with Crippen LogP contribution in [0.4, 0.5) is 0 Å². The fourth-order valence-electron chi connectivity index (χ4n) is 1.03. The molecule has 2 N–H and O–H groups in total. The third-order valence-electron chi connectivity index (χ3n) is 1.74. The van der Waals surface area contributed by atoms with E-state index < -0.39 is 5.97 Å². The maximum atomic E-state index is 10.1. The van der Waals surface area contributed by atoms with E-state index in [0.717, 1.165) is 6.42 Å². The molecule has 0 fully saturated rings. The molecule has 1 unspecified atom stereocenters. The van der Waals surface area contributed by atoms with E-state index in [2.05, 4.69) is 0 Å². The molecule has 1 atom stereocenters. The molecule has 76 valence electrons. The van der Waals surface area contributed by atoms with Crippen LogP contribution in [-0.4, -0.2) is 22.3 Å². The van der Waals surface area contributed by atoms with Crippen LogP contribution in [0.3, 0.4) is 0 Å². The van der Waals surface area contributed by atoms with Crippen molar-refractivity contribution in [3.8, 4) is 0 Å². The second-order valence-electron chi connectivity index (χ2n) is 3.06. The molecule has 0 amide bonds. The second kappa shape index (κ2) is 7.80. The number of allylic oxidation sites excluding steroid dienone is 1. The minimum Gasteiger partial charge on any atom is -0.481 e. The summed E-state index contributed by atoms with van der Waals surface area (Å²) in [5, 5.41) is 17.7. The number of hydrogen-bond acceptors (Lipinski definition) is 2. The van der Waals surface area contributed by atoms with Crippen LogP contribution in [0.25, 0.3) is 0 Å². The standard InChI is InChI=1S/C10H18O3/c1-2-3-4-6-9(11)7-5-8-10(12)13/h3-4,9,11H,2,5-8H2,1H3,(H,12,13). The minimum atomic E-state index is -0.795. The van der Waals surface area contributed by atoms with Crippen LogP contribution in [0.5, 0.6) is 0 Å². The van der Waals surface area contributed by atoms with Gasteiger partial charge in [-0.25, -0.2) is 0 Å². The number of carboxylic acid groups (broad SMARTS) is 1. The zero-order valence-electron chi connectivity index (χ0n) is 8.07. The summed E-state index contributed by atoms with van der Waals surface area (Å²) in [6, 6.07) is 0. The molecule has 0 heterocycles. The van der Waals surface area contributed by atoms with E-state index in [9.17, 15) is 9.90 Å². The van der Waals surface area contributed by atoms with Crippen LogP contribution >= 0.6 is 0 Å². The fourth-order valence-corrected chi connectivity index (χ4v) is 1.03. The van der Waals surface area contributed by atoms with Gasteiger partial charge >= 0.3 is 5.97 Å². The van der Waals surface area contributed by atoms with E-state index in [4.69, 9.17) is 5.11 Å². The van der Waals surface area contributed by atoms with Crippen molar-refractivity contribution in [3.63, 3.8) is 0 Å². The smallest absolute Gasteiger partial charge is 0.303 e. The number of hydrogen-bond donors (Lipinski definition) is 2. The highest BCUT2D eigenvalue weighted by Gasteiger charge is 2.03. The Bertz CT molecular complexity index is 164. The lowest BCUT2D eigenvalue weighted by atomic mass is 10.1. The van der Waals surface area contributed by atoms with Crippen LogP contribution in [0.1, 0.15) is 39.0 Å². The van der Waals surface area contributed by atoms with Gasteiger partial charge in [-0.15, -0.1) is 0 Å². The molecule has 0 aliphatic rings. The first-order chi connectivity index (χ1) is 6.16. The largest absolute Gasteiger partial charge is 0.481 e. The van der Waals surface area contributed by atoms with Gasteiger partial charge in [-0.2, -0.15) is 0 Å². The van der Waals surface area contributed by atoms with Crippen LogP contribution in [0, 0.1) is 0 Å². The molecule has 0 radical (unpaired) electrons. The molecule has 0 aliphatic carbocycles. The number of rotatable bonds is 7. The van der Waals surface area contributed by atoms with E-state index in [-0.39, 0.29) is 12.5 Å². The molecule has 0 bridgehead atoms. The van der Waals surface area contributed by atoms with Crippen molar-refractivity contribution in [1.29, 1.82) is 0 Å². The number of aliphatic carboxylic acids is 1. The minimum absolute atomic E-state index is 0.147. The summed E-state index contributed by atoms with van der Waals surface area (Å²) in [7, 11) is 0. The number of aliphatic hydroxyl groups is 1. The lowest BCUT2D eigenvalue weighted by molar-refractivity contribution is -0.137. The normalized spacial score (nSPS) is 13.4. The van der Waals surface area contributed by atoms with E-state index in [1.165, 1.54) is 0 Å². The molecule has 0 saturated carbocycles. The summed E-state index contributed by atoms with van der Waals surface area (Å²) in [6.07, 6.45) is 6.43. The number of carbonyl (C=O) groups is 1. The molecule has 13 heavy (non-hydrogen) atoms. The van der Waals surface area contributed by atoms with Crippen molar-refractivity contribution in [2.75, 3.05) is 0 Å². The molecule has 0 aromatic carbocycles. The van der Waals surface area contributed by atoms with Gasteiger partial charge in [0.05, 0.1) is 6.10 Å². The van der Waals surface area contributed by atoms with Crippen molar-refractivity contribution < 1.29 is 15.0 Å². The number of carboxylic acids is 1. The summed E-state index contributed by atoms with van der Waals surface area (Å²) < 4.78 is 0. The van der Waals surface area contributed by atoms with Gasteiger partial charge in [0.2, 0.25) is 0 Å². The van der Waals surface area contributed by atoms with Crippen molar-refractivity contribution in [2.45, 2.75) is 45.1 Å². The van der Waals surface area contributed by atoms with Crippen LogP contribution in [0.15, 0.2) is 12.2 Å². The van der Waals surface area contributed by atoms with Gasteiger partial charge < -0.3 is 10.2 Å². The maximum absolute atomic E-state index is 10.1. The van der Waals surface area contributed by atoms with Crippen molar-refractivity contribution in [1.82, 2.24) is 0 Å². The molecule has 0 spiro atoms. The molecule has 0 aromatic rings. The van der Waals surface area contributed by atoms with Crippen molar-refractivity contribution >= 4 is 5.97 Å². The lowest BCUT2D eigenvalue weighted by Crippen LogP contribution is -2.06.